The number of pyridine rings is 1. The van der Waals surface area contributed by atoms with Gasteiger partial charge in [-0.2, -0.15) is 0 Å². The summed E-state index contributed by atoms with van der Waals surface area (Å²) >= 11 is 0. The van der Waals surface area contributed by atoms with Gasteiger partial charge in [0.1, 0.15) is 11.5 Å². The van der Waals surface area contributed by atoms with Gasteiger partial charge in [0, 0.05) is 17.2 Å². The van der Waals surface area contributed by atoms with Gasteiger partial charge < -0.3 is 19.8 Å². The number of aromatic hydroxyl groups is 1. The minimum atomic E-state index is -0.870. The summed E-state index contributed by atoms with van der Waals surface area (Å²) in [5, 5.41) is 23.2. The van der Waals surface area contributed by atoms with E-state index in [-0.39, 0.29) is 17.9 Å². The van der Waals surface area contributed by atoms with Crippen molar-refractivity contribution in [3.8, 4) is 11.5 Å². The molecular formula is C27H26N2O5. The molecule has 0 radical (unpaired) electrons. The molecule has 2 heterocycles. The van der Waals surface area contributed by atoms with Gasteiger partial charge in [-0.25, -0.2) is 4.98 Å². The van der Waals surface area contributed by atoms with Crippen LogP contribution in [0.25, 0.3) is 5.76 Å². The molecule has 0 bridgehead atoms. The first-order chi connectivity index (χ1) is 16.3. The molecule has 1 aromatic heterocycles. The molecule has 1 aliphatic heterocycles. The molecule has 1 atom stereocenters. The number of rotatable bonds is 7. The van der Waals surface area contributed by atoms with Crippen LogP contribution in [0.15, 0.2) is 78.6 Å². The van der Waals surface area contributed by atoms with Crippen LogP contribution in [0, 0.1) is 5.92 Å². The lowest BCUT2D eigenvalue weighted by Gasteiger charge is -2.27. The Morgan fingerprint density at radius 1 is 1.09 bits per heavy atom. The third-order valence-electron chi connectivity index (χ3n) is 5.56. The van der Waals surface area contributed by atoms with Gasteiger partial charge in [-0.05, 0) is 47.4 Å². The first-order valence-corrected chi connectivity index (χ1v) is 11.1. The number of phenolic OH excluding ortho intramolecular Hbond substituents is 1. The van der Waals surface area contributed by atoms with Crippen molar-refractivity contribution < 1.29 is 29.5 Å². The first kappa shape index (κ1) is 23.0. The second-order valence-corrected chi connectivity index (χ2v) is 8.64. The predicted molar refractivity (Wildman–Crippen MR) is 123 cm³/mol. The zero-order valence-electron chi connectivity index (χ0n) is 19.0. The Hall–Kier alpha value is -4.13. The lowest BCUT2D eigenvalue weighted by atomic mass is 9.95. The van der Waals surface area contributed by atoms with E-state index in [0.29, 0.717) is 29.4 Å². The molecule has 34 heavy (non-hydrogen) atoms. The van der Waals surface area contributed by atoms with E-state index in [9.17, 15) is 19.8 Å². The van der Waals surface area contributed by atoms with Crippen LogP contribution in [0.4, 0.5) is 0 Å². The Bertz CT molecular complexity index is 1200. The number of ketones is 1. The van der Waals surface area contributed by atoms with Gasteiger partial charge in [0.05, 0.1) is 19.2 Å². The Kier molecular flexibility index (Phi) is 6.63. The standard InChI is InChI=1S/C27H26N2O5/c1-17(2)16-34-22-11-7-20(8-12-22)25(31)23-24(19-5-9-21(30)10-6-19)29(27(33)26(23)32)15-18-4-3-13-28-14-18/h3-14,17,24,30-31H,15-16H2,1-2H3. The number of hydrogen-bond acceptors (Lipinski definition) is 5. The van der Waals surface area contributed by atoms with Crippen LogP contribution >= 0.6 is 0 Å². The summed E-state index contributed by atoms with van der Waals surface area (Å²) in [7, 11) is 0. The highest BCUT2D eigenvalue weighted by atomic mass is 16.5. The van der Waals surface area contributed by atoms with Gasteiger partial charge in [0.25, 0.3) is 5.91 Å². The Morgan fingerprint density at radius 2 is 1.79 bits per heavy atom. The van der Waals surface area contributed by atoms with Gasteiger partial charge in [-0.1, -0.05) is 43.9 Å². The molecule has 1 aliphatic rings. The summed E-state index contributed by atoms with van der Waals surface area (Å²) in [6.45, 7) is 4.78. The zero-order valence-corrected chi connectivity index (χ0v) is 19.0. The van der Waals surface area contributed by atoms with Crippen molar-refractivity contribution in [2.75, 3.05) is 6.61 Å². The fourth-order valence-corrected chi connectivity index (χ4v) is 3.88. The first-order valence-electron chi connectivity index (χ1n) is 11.1. The van der Waals surface area contributed by atoms with Crippen molar-refractivity contribution in [3.05, 3.63) is 95.3 Å². The van der Waals surface area contributed by atoms with Crippen LogP contribution in [0.1, 0.15) is 36.6 Å². The molecule has 4 rings (SSSR count). The number of nitrogens with zero attached hydrogens (tertiary/aromatic N) is 1. The van der Waals surface area contributed by atoms with Crippen molar-refractivity contribution in [2.24, 2.45) is 5.92 Å². The average Bonchev–Trinajstić information content (AvgIpc) is 3.08. The highest BCUT2D eigenvalue weighted by Crippen LogP contribution is 2.40. The van der Waals surface area contributed by atoms with Crippen LogP contribution in [-0.2, 0) is 16.1 Å². The molecule has 0 spiro atoms. The third kappa shape index (κ3) is 4.78. The number of benzene rings is 2. The number of nitrogens with one attached hydrogen (secondary N) is 1. The maximum atomic E-state index is 13.5. The van der Waals surface area contributed by atoms with Crippen LogP contribution in [0.5, 0.6) is 11.5 Å². The summed E-state index contributed by atoms with van der Waals surface area (Å²) in [6, 6.07) is 15.5. The van der Waals surface area contributed by atoms with Gasteiger partial charge in [-0.15, -0.1) is 0 Å². The van der Waals surface area contributed by atoms with Crippen molar-refractivity contribution >= 4 is 17.4 Å². The largest absolute Gasteiger partial charge is 0.872 e. The van der Waals surface area contributed by atoms with E-state index < -0.39 is 23.5 Å². The molecule has 174 valence electrons. The van der Waals surface area contributed by atoms with Crippen LogP contribution < -0.4 is 14.8 Å². The number of aromatic nitrogens is 1. The van der Waals surface area contributed by atoms with E-state index in [1.54, 1.807) is 54.9 Å². The highest BCUT2D eigenvalue weighted by molar-refractivity contribution is 6.46. The summed E-state index contributed by atoms with van der Waals surface area (Å²) in [5.74, 6) is -1.02. The van der Waals surface area contributed by atoms with Crippen molar-refractivity contribution in [3.63, 3.8) is 0 Å². The molecule has 7 heteroatoms. The topological polar surface area (TPSA) is 104 Å². The summed E-state index contributed by atoms with van der Waals surface area (Å²) < 4.78 is 5.68. The van der Waals surface area contributed by atoms with Crippen molar-refractivity contribution in [2.45, 2.75) is 26.4 Å². The number of aromatic amines is 1. The maximum absolute atomic E-state index is 13.5. The molecule has 1 saturated heterocycles. The fraction of sp³-hybridized carbons (Fsp3) is 0.222. The van der Waals surface area contributed by atoms with E-state index in [2.05, 4.69) is 4.98 Å². The van der Waals surface area contributed by atoms with Crippen molar-refractivity contribution in [1.82, 2.24) is 4.90 Å². The normalized spacial score (nSPS) is 17.4. The van der Waals surface area contributed by atoms with Gasteiger partial charge in [0.15, 0.2) is 12.4 Å². The van der Waals surface area contributed by atoms with E-state index in [1.807, 2.05) is 19.9 Å². The smallest absolute Gasteiger partial charge is 0.295 e. The molecule has 2 aromatic carbocycles. The van der Waals surface area contributed by atoms with E-state index in [1.165, 1.54) is 17.0 Å². The summed E-state index contributed by atoms with van der Waals surface area (Å²) in [4.78, 5) is 30.5. The van der Waals surface area contributed by atoms with E-state index in [0.717, 1.165) is 5.56 Å². The molecular weight excluding hydrogens is 432 g/mol. The highest BCUT2D eigenvalue weighted by Gasteiger charge is 2.44. The minimum Gasteiger partial charge on any atom is -0.872 e. The van der Waals surface area contributed by atoms with Gasteiger partial charge in [-0.3, -0.25) is 9.59 Å². The molecule has 1 unspecified atom stereocenters. The second kappa shape index (κ2) is 9.79. The Labute approximate surface area is 198 Å². The number of likely N-dealkylation sites (tertiary alicyclic amines) is 1. The number of carbonyl (C=O) groups excluding carboxylic acids is 2. The Balaban J connectivity index is 1.75. The number of amides is 1. The monoisotopic (exact) mass is 458 g/mol. The fourth-order valence-electron chi connectivity index (χ4n) is 3.88. The quantitative estimate of drug-likeness (QED) is 0.333. The number of H-pyrrole nitrogens is 1. The number of hydrogen-bond donors (Lipinski definition) is 1. The number of phenols is 1. The van der Waals surface area contributed by atoms with E-state index >= 15 is 0 Å². The molecule has 1 amide bonds. The van der Waals surface area contributed by atoms with E-state index in [4.69, 9.17) is 4.74 Å². The molecule has 7 nitrogen and oxygen atoms in total. The van der Waals surface area contributed by atoms with Crippen LogP contribution in [0.2, 0.25) is 0 Å². The van der Waals surface area contributed by atoms with Crippen LogP contribution in [-0.4, -0.2) is 28.3 Å². The van der Waals surface area contributed by atoms with Gasteiger partial charge in [0.2, 0.25) is 5.78 Å². The maximum Gasteiger partial charge on any atom is 0.295 e. The molecule has 2 N–H and O–H groups in total. The van der Waals surface area contributed by atoms with Crippen LogP contribution in [0.3, 0.4) is 0 Å². The SMILES string of the molecule is CC(C)COc1ccc(C([O-])=C2C(=O)C(=O)N(Cc3ccc[nH+]c3)C2c2ccc(O)cc2)cc1. The van der Waals surface area contributed by atoms with Gasteiger partial charge >= 0.3 is 0 Å². The zero-order chi connectivity index (χ0) is 24.2. The predicted octanol–water partition coefficient (Wildman–Crippen LogP) is 2.67. The third-order valence-corrected chi connectivity index (χ3v) is 5.56. The average molecular weight is 459 g/mol. The minimum absolute atomic E-state index is 0.0495. The number of ether oxygens (including phenoxy) is 1. The summed E-state index contributed by atoms with van der Waals surface area (Å²) in [5.41, 5.74) is 1.54. The molecule has 0 saturated carbocycles. The molecule has 1 fully saturated rings. The summed E-state index contributed by atoms with van der Waals surface area (Å²) in [6.07, 6.45) is 3.48. The Morgan fingerprint density at radius 3 is 2.41 bits per heavy atom. The molecule has 0 aliphatic carbocycles. The molecule has 3 aromatic rings. The number of Topliss-reactive ketones (excluding diaryl/α,β-unsaturated/α-hetero) is 1. The van der Waals surface area contributed by atoms with Crippen molar-refractivity contribution in [1.29, 1.82) is 0 Å². The lowest BCUT2D eigenvalue weighted by molar-refractivity contribution is -0.378. The lowest BCUT2D eigenvalue weighted by Crippen LogP contribution is -2.29. The second-order valence-electron chi connectivity index (χ2n) is 8.64. The number of carbonyl (C=O) groups is 2.